The number of aryl methyl sites for hydroxylation is 1. The molecule has 5 nitrogen and oxygen atoms in total. The molecule has 1 aliphatic heterocycles. The third kappa shape index (κ3) is 3.39. The van der Waals surface area contributed by atoms with Gasteiger partial charge in [-0.05, 0) is 25.5 Å². The highest BCUT2D eigenvalue weighted by atomic mass is 19.4. The second-order valence-corrected chi connectivity index (χ2v) is 6.21. The number of nitrogens with one attached hydrogen (secondary N) is 1. The van der Waals surface area contributed by atoms with E-state index < -0.39 is 23.3 Å². The number of amides is 1. The van der Waals surface area contributed by atoms with Crippen molar-refractivity contribution in [3.63, 3.8) is 0 Å². The van der Waals surface area contributed by atoms with Crippen LogP contribution in [0.1, 0.15) is 28.5 Å². The van der Waals surface area contributed by atoms with Crippen molar-refractivity contribution in [2.45, 2.75) is 26.1 Å². The molecule has 1 N–H and O–H groups in total. The number of hydrogen-bond donors (Lipinski definition) is 1. The fourth-order valence-electron chi connectivity index (χ4n) is 3.05. The van der Waals surface area contributed by atoms with Crippen molar-refractivity contribution in [1.82, 2.24) is 20.0 Å². The molecule has 1 atom stereocenters. The van der Waals surface area contributed by atoms with Gasteiger partial charge in [-0.25, -0.2) is 4.68 Å². The highest BCUT2D eigenvalue weighted by molar-refractivity contribution is 5.95. The normalized spacial score (nSPS) is 18.4. The number of nitrogens with zero attached hydrogens (tertiary/aromatic N) is 3. The lowest BCUT2D eigenvalue weighted by molar-refractivity contribution is -0.143. The van der Waals surface area contributed by atoms with Crippen molar-refractivity contribution in [3.8, 4) is 5.69 Å². The van der Waals surface area contributed by atoms with Gasteiger partial charge in [-0.3, -0.25) is 4.79 Å². The first kappa shape index (κ1) is 17.5. The number of rotatable bonds is 2. The highest BCUT2D eigenvalue weighted by Crippen LogP contribution is 2.34. The van der Waals surface area contributed by atoms with E-state index >= 15 is 0 Å². The standard InChI is InChI=1S/C17H19F3N4O/c1-11-5-3-4-6-14(11)24-15(17(18,19)20)13(9-22-24)16(25)23-8-7-21-12(2)10-23/h3-6,9,12,21H,7-8,10H2,1-2H3. The van der Waals surface area contributed by atoms with Gasteiger partial charge in [-0.2, -0.15) is 18.3 Å². The van der Waals surface area contributed by atoms with E-state index in [2.05, 4.69) is 10.4 Å². The molecule has 3 rings (SSSR count). The third-order valence-corrected chi connectivity index (χ3v) is 4.27. The third-order valence-electron chi connectivity index (χ3n) is 4.27. The van der Waals surface area contributed by atoms with Crippen LogP contribution in [0.3, 0.4) is 0 Å². The van der Waals surface area contributed by atoms with Gasteiger partial charge in [0.25, 0.3) is 5.91 Å². The predicted molar refractivity (Wildman–Crippen MR) is 86.7 cm³/mol. The summed E-state index contributed by atoms with van der Waals surface area (Å²) in [4.78, 5) is 14.1. The van der Waals surface area contributed by atoms with Gasteiger partial charge in [0.15, 0.2) is 5.69 Å². The average Bonchev–Trinajstić information content (AvgIpc) is 2.99. The van der Waals surface area contributed by atoms with Crippen LogP contribution in [0.25, 0.3) is 5.69 Å². The molecule has 1 aromatic carbocycles. The molecular formula is C17H19F3N4O. The summed E-state index contributed by atoms with van der Waals surface area (Å²) >= 11 is 0. The monoisotopic (exact) mass is 352 g/mol. The summed E-state index contributed by atoms with van der Waals surface area (Å²) in [7, 11) is 0. The lowest BCUT2D eigenvalue weighted by Gasteiger charge is -2.32. The van der Waals surface area contributed by atoms with Crippen molar-refractivity contribution in [2.75, 3.05) is 19.6 Å². The van der Waals surface area contributed by atoms with Gasteiger partial charge in [0.05, 0.1) is 17.4 Å². The Bertz CT molecular complexity index is 784. The molecule has 0 radical (unpaired) electrons. The number of carbonyl (C=O) groups excluding carboxylic acids is 1. The molecular weight excluding hydrogens is 333 g/mol. The molecule has 1 saturated heterocycles. The van der Waals surface area contributed by atoms with E-state index in [1.54, 1.807) is 31.2 Å². The highest BCUT2D eigenvalue weighted by Gasteiger charge is 2.41. The lowest BCUT2D eigenvalue weighted by atomic mass is 10.1. The molecule has 1 unspecified atom stereocenters. The molecule has 1 amide bonds. The maximum absolute atomic E-state index is 13.7. The molecule has 0 saturated carbocycles. The minimum absolute atomic E-state index is 0.0402. The molecule has 2 aromatic rings. The second kappa shape index (κ2) is 6.51. The number of aromatic nitrogens is 2. The summed E-state index contributed by atoms with van der Waals surface area (Å²) in [5.41, 5.74) is -0.490. The van der Waals surface area contributed by atoms with Crippen LogP contribution in [0.4, 0.5) is 13.2 Å². The Hall–Kier alpha value is -2.35. The van der Waals surface area contributed by atoms with E-state index in [0.717, 1.165) is 10.9 Å². The molecule has 0 spiro atoms. The van der Waals surface area contributed by atoms with Gasteiger partial charge in [-0.1, -0.05) is 18.2 Å². The van der Waals surface area contributed by atoms with Gasteiger partial charge in [0.1, 0.15) is 0 Å². The molecule has 1 aromatic heterocycles. The van der Waals surface area contributed by atoms with E-state index in [1.165, 1.54) is 4.90 Å². The number of hydrogen-bond acceptors (Lipinski definition) is 3. The van der Waals surface area contributed by atoms with Gasteiger partial charge >= 0.3 is 6.18 Å². The first-order chi connectivity index (χ1) is 11.8. The summed E-state index contributed by atoms with van der Waals surface area (Å²) < 4.78 is 42.0. The van der Waals surface area contributed by atoms with Gasteiger partial charge in [0.2, 0.25) is 0 Å². The van der Waals surface area contributed by atoms with Crippen LogP contribution in [0.15, 0.2) is 30.5 Å². The summed E-state index contributed by atoms with van der Waals surface area (Å²) in [5, 5.41) is 7.05. The van der Waals surface area contributed by atoms with E-state index in [4.69, 9.17) is 0 Å². The van der Waals surface area contributed by atoms with E-state index in [-0.39, 0.29) is 6.04 Å². The first-order valence-corrected chi connectivity index (χ1v) is 8.03. The maximum Gasteiger partial charge on any atom is 0.434 e. The van der Waals surface area contributed by atoms with Crippen LogP contribution < -0.4 is 5.32 Å². The fourth-order valence-corrected chi connectivity index (χ4v) is 3.05. The van der Waals surface area contributed by atoms with Crippen molar-refractivity contribution in [3.05, 3.63) is 47.3 Å². The fraction of sp³-hybridized carbons (Fsp3) is 0.412. The number of benzene rings is 1. The molecule has 2 heterocycles. The Balaban J connectivity index is 2.06. The molecule has 25 heavy (non-hydrogen) atoms. The van der Waals surface area contributed by atoms with Crippen molar-refractivity contribution in [2.24, 2.45) is 0 Å². The first-order valence-electron chi connectivity index (χ1n) is 8.03. The van der Waals surface area contributed by atoms with E-state index in [1.807, 2.05) is 6.92 Å². The average molecular weight is 352 g/mol. The van der Waals surface area contributed by atoms with E-state index in [9.17, 15) is 18.0 Å². The quantitative estimate of drug-likeness (QED) is 0.904. The van der Waals surface area contributed by atoms with Gasteiger partial charge in [0, 0.05) is 25.7 Å². The van der Waals surface area contributed by atoms with Crippen LogP contribution in [0.5, 0.6) is 0 Å². The Kier molecular flexibility index (Phi) is 4.55. The Morgan fingerprint density at radius 3 is 2.68 bits per heavy atom. The number of para-hydroxylation sites is 1. The Morgan fingerprint density at radius 2 is 2.04 bits per heavy atom. The zero-order valence-corrected chi connectivity index (χ0v) is 14.0. The Labute approximate surface area is 143 Å². The topological polar surface area (TPSA) is 50.2 Å². The lowest BCUT2D eigenvalue weighted by Crippen LogP contribution is -2.51. The van der Waals surface area contributed by atoms with Crippen LogP contribution in [0, 0.1) is 6.92 Å². The van der Waals surface area contributed by atoms with Crippen LogP contribution in [-0.2, 0) is 6.18 Å². The van der Waals surface area contributed by atoms with E-state index in [0.29, 0.717) is 30.9 Å². The molecule has 134 valence electrons. The zero-order valence-electron chi connectivity index (χ0n) is 14.0. The zero-order chi connectivity index (χ0) is 18.2. The smallest absolute Gasteiger partial charge is 0.336 e. The SMILES string of the molecule is Cc1ccccc1-n1ncc(C(=O)N2CCNC(C)C2)c1C(F)(F)F. The summed E-state index contributed by atoms with van der Waals surface area (Å²) in [6.07, 6.45) is -3.67. The molecule has 8 heteroatoms. The summed E-state index contributed by atoms with van der Waals surface area (Å²) in [6, 6.07) is 6.68. The van der Waals surface area contributed by atoms with Crippen LogP contribution in [-0.4, -0.2) is 46.3 Å². The van der Waals surface area contributed by atoms with Gasteiger partial charge in [-0.15, -0.1) is 0 Å². The summed E-state index contributed by atoms with van der Waals surface area (Å²) in [5.74, 6) is -0.638. The molecule has 1 fully saturated rings. The van der Waals surface area contributed by atoms with Crippen molar-refractivity contribution >= 4 is 5.91 Å². The Morgan fingerprint density at radius 1 is 1.32 bits per heavy atom. The largest absolute Gasteiger partial charge is 0.434 e. The van der Waals surface area contributed by atoms with Crippen molar-refractivity contribution in [1.29, 1.82) is 0 Å². The molecule has 0 bridgehead atoms. The number of halogens is 3. The van der Waals surface area contributed by atoms with Crippen molar-refractivity contribution < 1.29 is 18.0 Å². The minimum atomic E-state index is -4.69. The summed E-state index contributed by atoms with van der Waals surface area (Å²) in [6.45, 7) is 4.89. The number of carbonyl (C=O) groups is 1. The maximum atomic E-state index is 13.7. The van der Waals surface area contributed by atoms with Crippen LogP contribution in [0.2, 0.25) is 0 Å². The molecule has 1 aliphatic rings. The molecule has 0 aliphatic carbocycles. The van der Waals surface area contributed by atoms with Crippen LogP contribution >= 0.6 is 0 Å². The second-order valence-electron chi connectivity index (χ2n) is 6.21. The minimum Gasteiger partial charge on any atom is -0.336 e. The number of piperazine rings is 1. The van der Waals surface area contributed by atoms with Gasteiger partial charge < -0.3 is 10.2 Å². The predicted octanol–water partition coefficient (Wildman–Crippen LogP) is 2.63. The number of alkyl halides is 3.